The van der Waals surface area contributed by atoms with Crippen LogP contribution in [-0.4, -0.2) is 9.97 Å². The maximum absolute atomic E-state index is 8.81. The third-order valence-electron chi connectivity index (χ3n) is 3.15. The number of benzene rings is 1. The maximum Gasteiger partial charge on any atom is 0.128 e. The van der Waals surface area contributed by atoms with E-state index in [0.717, 1.165) is 27.4 Å². The molecular weight excluding hydrogens is 298 g/mol. The van der Waals surface area contributed by atoms with Gasteiger partial charge in [0.15, 0.2) is 0 Å². The fraction of sp³-hybridized carbons (Fsp3) is 0.188. The molecule has 0 atom stereocenters. The fourth-order valence-corrected chi connectivity index (χ4v) is 3.93. The lowest BCUT2D eigenvalue weighted by Crippen LogP contribution is -1.86. The van der Waals surface area contributed by atoms with Crippen LogP contribution in [0.1, 0.15) is 22.9 Å². The van der Waals surface area contributed by atoms with Crippen molar-refractivity contribution in [2.24, 2.45) is 0 Å². The normalized spacial score (nSPS) is 10.7. The Labute approximate surface area is 131 Å². The van der Waals surface area contributed by atoms with E-state index < -0.39 is 0 Å². The van der Waals surface area contributed by atoms with E-state index in [4.69, 9.17) is 5.26 Å². The fourth-order valence-electron chi connectivity index (χ4n) is 2.00. The monoisotopic (exact) mass is 311 g/mol. The minimum atomic E-state index is 0.693. The molecule has 0 N–H and O–H groups in total. The molecule has 0 amide bonds. The zero-order chi connectivity index (χ0) is 14.7. The molecule has 5 heteroatoms. The average molecular weight is 311 g/mol. The van der Waals surface area contributed by atoms with Gasteiger partial charge in [0.2, 0.25) is 0 Å². The molecular formula is C16H13N3S2. The summed E-state index contributed by atoms with van der Waals surface area (Å²) in [6, 6.07) is 12.0. The Morgan fingerprint density at radius 3 is 2.76 bits per heavy atom. The van der Waals surface area contributed by atoms with E-state index in [9.17, 15) is 0 Å². The second-order valence-electron chi connectivity index (χ2n) is 4.56. The molecule has 0 spiro atoms. The highest BCUT2D eigenvalue weighted by atomic mass is 32.2. The Bertz CT molecular complexity index is 800. The molecule has 2 heterocycles. The summed E-state index contributed by atoms with van der Waals surface area (Å²) in [5.41, 5.74) is 1.88. The van der Waals surface area contributed by atoms with Crippen molar-refractivity contribution in [3.63, 3.8) is 0 Å². The number of thiophene rings is 1. The highest BCUT2D eigenvalue weighted by molar-refractivity contribution is 7.98. The third kappa shape index (κ3) is 3.07. The Morgan fingerprint density at radius 2 is 2.05 bits per heavy atom. The highest BCUT2D eigenvalue weighted by Crippen LogP contribution is 2.32. The minimum Gasteiger partial charge on any atom is -0.229 e. The smallest absolute Gasteiger partial charge is 0.128 e. The molecule has 21 heavy (non-hydrogen) atoms. The molecule has 1 aromatic carbocycles. The number of thioether (sulfide) groups is 1. The third-order valence-corrected chi connectivity index (χ3v) is 5.41. The molecule has 2 aromatic heterocycles. The van der Waals surface area contributed by atoms with Crippen LogP contribution in [0, 0.1) is 11.3 Å². The van der Waals surface area contributed by atoms with Gasteiger partial charge in [-0.25, -0.2) is 9.97 Å². The van der Waals surface area contributed by atoms with Gasteiger partial charge in [-0.2, -0.15) is 5.26 Å². The second-order valence-corrected chi connectivity index (χ2v) is 6.64. The Hall–Kier alpha value is -1.90. The van der Waals surface area contributed by atoms with Crippen molar-refractivity contribution in [1.29, 1.82) is 5.26 Å². The molecule has 0 aliphatic rings. The number of aryl methyl sites for hydroxylation is 1. The van der Waals surface area contributed by atoms with E-state index in [1.807, 2.05) is 24.3 Å². The van der Waals surface area contributed by atoms with Crippen LogP contribution in [0.4, 0.5) is 0 Å². The lowest BCUT2D eigenvalue weighted by atomic mass is 10.2. The van der Waals surface area contributed by atoms with Crippen LogP contribution in [0.2, 0.25) is 0 Å². The topological polar surface area (TPSA) is 49.6 Å². The zero-order valence-corrected chi connectivity index (χ0v) is 13.2. The molecule has 0 bridgehead atoms. The number of hydrogen-bond acceptors (Lipinski definition) is 5. The summed E-state index contributed by atoms with van der Waals surface area (Å²) in [6.07, 6.45) is 2.67. The molecule has 3 aromatic rings. The van der Waals surface area contributed by atoms with Crippen molar-refractivity contribution in [1.82, 2.24) is 9.97 Å². The van der Waals surface area contributed by atoms with Gasteiger partial charge in [-0.05, 0) is 30.2 Å². The summed E-state index contributed by atoms with van der Waals surface area (Å²) in [7, 11) is 0. The predicted octanol–water partition coefficient (Wildman–Crippen LogP) is 4.42. The first-order valence-corrected chi connectivity index (χ1v) is 8.45. The van der Waals surface area contributed by atoms with Crippen LogP contribution in [0.15, 0.2) is 41.7 Å². The van der Waals surface area contributed by atoms with Gasteiger partial charge in [-0.1, -0.05) is 19.1 Å². The van der Waals surface area contributed by atoms with Crippen LogP contribution in [0.25, 0.3) is 10.2 Å². The summed E-state index contributed by atoms with van der Waals surface area (Å²) in [6.45, 7) is 2.15. The first kappa shape index (κ1) is 14.1. The quantitative estimate of drug-likeness (QED) is 0.529. The van der Waals surface area contributed by atoms with Crippen LogP contribution in [0.3, 0.4) is 0 Å². The van der Waals surface area contributed by atoms with Crippen molar-refractivity contribution >= 4 is 33.3 Å². The SMILES string of the molecule is CCc1cc2c(SCc3ccc(C#N)cc3)ncnc2s1. The highest BCUT2D eigenvalue weighted by Gasteiger charge is 2.08. The van der Waals surface area contributed by atoms with Gasteiger partial charge in [0.25, 0.3) is 0 Å². The van der Waals surface area contributed by atoms with E-state index in [1.165, 1.54) is 10.4 Å². The van der Waals surface area contributed by atoms with Crippen molar-refractivity contribution < 1.29 is 0 Å². The van der Waals surface area contributed by atoms with Crippen LogP contribution in [0.5, 0.6) is 0 Å². The lowest BCUT2D eigenvalue weighted by molar-refractivity contribution is 1.10. The number of nitrogens with zero attached hydrogens (tertiary/aromatic N) is 3. The van der Waals surface area contributed by atoms with Gasteiger partial charge in [0.05, 0.1) is 11.6 Å². The molecule has 0 aliphatic carbocycles. The Morgan fingerprint density at radius 1 is 1.24 bits per heavy atom. The van der Waals surface area contributed by atoms with E-state index in [2.05, 4.69) is 29.0 Å². The summed E-state index contributed by atoms with van der Waals surface area (Å²) >= 11 is 3.45. The Kier molecular flexibility index (Phi) is 4.18. The van der Waals surface area contributed by atoms with Crippen LogP contribution < -0.4 is 0 Å². The minimum absolute atomic E-state index is 0.693. The van der Waals surface area contributed by atoms with E-state index in [-0.39, 0.29) is 0 Å². The zero-order valence-electron chi connectivity index (χ0n) is 11.5. The summed E-state index contributed by atoms with van der Waals surface area (Å²) in [5, 5.41) is 11.0. The van der Waals surface area contributed by atoms with Crippen molar-refractivity contribution in [2.75, 3.05) is 0 Å². The summed E-state index contributed by atoms with van der Waals surface area (Å²) in [4.78, 5) is 11.2. The van der Waals surface area contributed by atoms with Crippen LogP contribution in [-0.2, 0) is 12.2 Å². The molecule has 0 unspecified atom stereocenters. The predicted molar refractivity (Wildman–Crippen MR) is 87.5 cm³/mol. The van der Waals surface area contributed by atoms with Gasteiger partial charge < -0.3 is 0 Å². The number of fused-ring (bicyclic) bond motifs is 1. The molecule has 0 fully saturated rings. The number of rotatable bonds is 4. The first-order chi connectivity index (χ1) is 10.3. The van der Waals surface area contributed by atoms with Gasteiger partial charge in [0.1, 0.15) is 16.2 Å². The molecule has 0 saturated carbocycles. The van der Waals surface area contributed by atoms with E-state index in [0.29, 0.717) is 5.56 Å². The van der Waals surface area contributed by atoms with Gasteiger partial charge in [-0.3, -0.25) is 0 Å². The molecule has 3 nitrogen and oxygen atoms in total. The number of aromatic nitrogens is 2. The van der Waals surface area contributed by atoms with Gasteiger partial charge >= 0.3 is 0 Å². The largest absolute Gasteiger partial charge is 0.229 e. The summed E-state index contributed by atoms with van der Waals surface area (Å²) in [5.74, 6) is 0.842. The van der Waals surface area contributed by atoms with Crippen molar-refractivity contribution in [2.45, 2.75) is 24.1 Å². The van der Waals surface area contributed by atoms with Crippen molar-refractivity contribution in [3.05, 3.63) is 52.7 Å². The standard InChI is InChI=1S/C16H13N3S2/c1-2-13-7-14-15(18-10-19-16(14)21-13)20-9-12-5-3-11(8-17)4-6-12/h3-7,10H,2,9H2,1H3. The van der Waals surface area contributed by atoms with Crippen molar-refractivity contribution in [3.8, 4) is 6.07 Å². The van der Waals surface area contributed by atoms with E-state index in [1.54, 1.807) is 29.4 Å². The molecule has 0 radical (unpaired) electrons. The second kappa shape index (κ2) is 6.25. The van der Waals surface area contributed by atoms with E-state index >= 15 is 0 Å². The average Bonchev–Trinajstić information content (AvgIpc) is 2.97. The maximum atomic E-state index is 8.81. The van der Waals surface area contributed by atoms with Gasteiger partial charge in [0, 0.05) is 16.0 Å². The van der Waals surface area contributed by atoms with Gasteiger partial charge in [-0.15, -0.1) is 23.1 Å². The van der Waals surface area contributed by atoms with Crippen LogP contribution >= 0.6 is 23.1 Å². The molecule has 104 valence electrons. The Balaban J connectivity index is 1.81. The molecule has 0 aliphatic heterocycles. The lowest BCUT2D eigenvalue weighted by Gasteiger charge is -2.02. The molecule has 0 saturated heterocycles. The summed E-state index contributed by atoms with van der Waals surface area (Å²) < 4.78 is 0. The number of nitriles is 1. The first-order valence-electron chi connectivity index (χ1n) is 6.65. The molecule has 3 rings (SSSR count). The number of hydrogen-bond donors (Lipinski definition) is 0.